The van der Waals surface area contributed by atoms with Crippen molar-refractivity contribution < 1.29 is 23.1 Å². The summed E-state index contributed by atoms with van der Waals surface area (Å²) in [6.45, 7) is 7.67. The Morgan fingerprint density at radius 1 is 1.22 bits per heavy atom. The normalized spacial score (nSPS) is 12.9. The van der Waals surface area contributed by atoms with Gasteiger partial charge in [-0.2, -0.15) is 0 Å². The molecule has 0 aromatic carbocycles. The Labute approximate surface area is 109 Å². The molecule has 0 aliphatic carbocycles. The lowest BCUT2D eigenvalue weighted by Gasteiger charge is -2.23. The summed E-state index contributed by atoms with van der Waals surface area (Å²) in [6, 6.07) is 0. The second kappa shape index (κ2) is 8.46. The molecule has 5 nitrogen and oxygen atoms in total. The van der Waals surface area contributed by atoms with E-state index in [-0.39, 0.29) is 19.6 Å². The average molecular weight is 278 g/mol. The molecule has 0 heterocycles. The topological polar surface area (TPSA) is 61.8 Å². The van der Waals surface area contributed by atoms with E-state index in [0.717, 1.165) is 5.57 Å². The van der Waals surface area contributed by atoms with Gasteiger partial charge in [0.15, 0.2) is 5.66 Å². The molecule has 0 N–H and O–H groups in total. The Hall–Kier alpha value is -0.640. The Morgan fingerprint density at radius 2 is 1.72 bits per heavy atom. The van der Waals surface area contributed by atoms with Crippen molar-refractivity contribution in [3.8, 4) is 0 Å². The molecule has 0 spiro atoms. The van der Waals surface area contributed by atoms with E-state index >= 15 is 0 Å². The molecule has 0 radical (unpaired) electrons. The first kappa shape index (κ1) is 17.4. The van der Waals surface area contributed by atoms with Crippen LogP contribution in [0.3, 0.4) is 0 Å². The number of hydrogen-bond acceptors (Lipinski definition) is 5. The van der Waals surface area contributed by atoms with Crippen LogP contribution < -0.4 is 0 Å². The monoisotopic (exact) mass is 278 g/mol. The smallest absolute Gasteiger partial charge is 0.345 e. The maximum atomic E-state index is 12.6. The summed E-state index contributed by atoms with van der Waals surface area (Å²) in [5.41, 5.74) is 0.126. The number of esters is 1. The molecule has 0 saturated carbocycles. The zero-order chi connectivity index (χ0) is 14.2. The third-order valence-corrected chi connectivity index (χ3v) is 4.64. The molecule has 6 heteroatoms. The number of ether oxygens (including phenoxy) is 1. The molecule has 0 amide bonds. The van der Waals surface area contributed by atoms with Gasteiger partial charge in [-0.05, 0) is 34.1 Å². The molecule has 1 atom stereocenters. The van der Waals surface area contributed by atoms with Gasteiger partial charge in [-0.15, -0.1) is 0 Å². The quantitative estimate of drug-likeness (QED) is 0.388. The maximum absolute atomic E-state index is 12.6. The van der Waals surface area contributed by atoms with E-state index in [0.29, 0.717) is 0 Å². The second-order valence-corrected chi connectivity index (χ2v) is 6.15. The molecular formula is C12H23O5P. The van der Waals surface area contributed by atoms with Crippen molar-refractivity contribution in [1.29, 1.82) is 0 Å². The number of carbonyl (C=O) groups excluding carboxylic acids is 1. The zero-order valence-corrected chi connectivity index (χ0v) is 12.7. The second-order valence-electron chi connectivity index (χ2n) is 3.93. The first-order valence-electron chi connectivity index (χ1n) is 6.01. The molecule has 0 unspecified atom stereocenters. The summed E-state index contributed by atoms with van der Waals surface area (Å²) in [5, 5.41) is 0. The largest absolute Gasteiger partial charge is 0.468 e. The van der Waals surface area contributed by atoms with Gasteiger partial charge in [0.1, 0.15) is 0 Å². The third kappa shape index (κ3) is 5.34. The lowest BCUT2D eigenvalue weighted by molar-refractivity contribution is -0.140. The van der Waals surface area contributed by atoms with Crippen molar-refractivity contribution in [3.05, 3.63) is 11.6 Å². The van der Waals surface area contributed by atoms with Gasteiger partial charge in [0.05, 0.1) is 20.3 Å². The highest BCUT2D eigenvalue weighted by Gasteiger charge is 2.41. The van der Waals surface area contributed by atoms with Gasteiger partial charge >= 0.3 is 13.6 Å². The molecule has 0 aromatic heterocycles. The Kier molecular flexibility index (Phi) is 8.16. The van der Waals surface area contributed by atoms with Crippen LogP contribution in [0.5, 0.6) is 0 Å². The van der Waals surface area contributed by atoms with E-state index in [1.807, 2.05) is 19.9 Å². The van der Waals surface area contributed by atoms with Gasteiger partial charge in [-0.3, -0.25) is 9.36 Å². The van der Waals surface area contributed by atoms with E-state index in [1.165, 1.54) is 7.11 Å². The molecule has 0 saturated heterocycles. The number of carbonyl (C=O) groups is 1. The molecule has 18 heavy (non-hydrogen) atoms. The average Bonchev–Trinajstić information content (AvgIpc) is 2.28. The Morgan fingerprint density at radius 3 is 2.06 bits per heavy atom. The van der Waals surface area contributed by atoms with Crippen LogP contribution in [0.1, 0.15) is 34.1 Å². The highest BCUT2D eigenvalue weighted by atomic mass is 31.2. The van der Waals surface area contributed by atoms with E-state index in [4.69, 9.17) is 9.05 Å². The van der Waals surface area contributed by atoms with Gasteiger partial charge in [-0.1, -0.05) is 11.6 Å². The summed E-state index contributed by atoms with van der Waals surface area (Å²) < 4.78 is 27.6. The number of allylic oxidation sites excluding steroid dienone is 2. The summed E-state index contributed by atoms with van der Waals surface area (Å²) in [7, 11) is -2.21. The fourth-order valence-corrected chi connectivity index (χ4v) is 3.30. The molecule has 0 aromatic rings. The Bertz CT molecular complexity index is 323. The minimum absolute atomic E-state index is 0.222. The zero-order valence-electron chi connectivity index (χ0n) is 11.8. The van der Waals surface area contributed by atoms with Gasteiger partial charge in [0.25, 0.3) is 0 Å². The standard InChI is InChI=1S/C12H23O5P/c1-6-16-18(14,17-7-2)11(12(13)15-5)9-8-10(3)4/h8,11H,6-7,9H2,1-5H3/t11-/m1/s1. The van der Waals surface area contributed by atoms with E-state index < -0.39 is 19.2 Å². The Balaban J connectivity index is 5.16. The summed E-state index contributed by atoms with van der Waals surface area (Å²) in [4.78, 5) is 11.7. The van der Waals surface area contributed by atoms with Crippen LogP contribution in [-0.4, -0.2) is 32.0 Å². The van der Waals surface area contributed by atoms with Crippen LogP contribution in [-0.2, 0) is 23.1 Å². The van der Waals surface area contributed by atoms with Crippen molar-refractivity contribution in [2.45, 2.75) is 39.8 Å². The van der Waals surface area contributed by atoms with E-state index in [9.17, 15) is 9.36 Å². The predicted molar refractivity (Wildman–Crippen MR) is 70.7 cm³/mol. The molecule has 0 fully saturated rings. The third-order valence-electron chi connectivity index (χ3n) is 2.22. The number of hydrogen-bond donors (Lipinski definition) is 0. The highest BCUT2D eigenvalue weighted by Crippen LogP contribution is 2.54. The van der Waals surface area contributed by atoms with Crippen LogP contribution in [0.15, 0.2) is 11.6 Å². The highest BCUT2D eigenvalue weighted by molar-refractivity contribution is 7.55. The van der Waals surface area contributed by atoms with Crippen LogP contribution in [0, 0.1) is 0 Å². The van der Waals surface area contributed by atoms with Crippen LogP contribution in [0.4, 0.5) is 0 Å². The van der Waals surface area contributed by atoms with Crippen LogP contribution in [0.25, 0.3) is 0 Å². The van der Waals surface area contributed by atoms with Crippen molar-refractivity contribution >= 4 is 13.6 Å². The van der Waals surface area contributed by atoms with E-state index in [2.05, 4.69) is 4.74 Å². The molecule has 0 bridgehead atoms. The molecule has 0 aliphatic rings. The van der Waals surface area contributed by atoms with Crippen LogP contribution >= 0.6 is 7.60 Å². The van der Waals surface area contributed by atoms with E-state index in [1.54, 1.807) is 13.8 Å². The van der Waals surface area contributed by atoms with Gasteiger partial charge in [-0.25, -0.2) is 0 Å². The molecule has 106 valence electrons. The number of methoxy groups -OCH3 is 1. The minimum atomic E-state index is -3.48. The van der Waals surface area contributed by atoms with Crippen molar-refractivity contribution in [1.82, 2.24) is 0 Å². The van der Waals surface area contributed by atoms with Crippen molar-refractivity contribution in [2.75, 3.05) is 20.3 Å². The summed E-state index contributed by atoms with van der Waals surface area (Å²) in [6.07, 6.45) is 2.11. The van der Waals surface area contributed by atoms with Crippen LogP contribution in [0.2, 0.25) is 0 Å². The fourth-order valence-electron chi connectivity index (χ4n) is 1.41. The van der Waals surface area contributed by atoms with Crippen molar-refractivity contribution in [3.63, 3.8) is 0 Å². The van der Waals surface area contributed by atoms with Gasteiger partial charge in [0, 0.05) is 0 Å². The summed E-state index contributed by atoms with van der Waals surface area (Å²) >= 11 is 0. The minimum Gasteiger partial charge on any atom is -0.468 e. The number of rotatable bonds is 8. The molecular weight excluding hydrogens is 255 g/mol. The lowest BCUT2D eigenvalue weighted by Crippen LogP contribution is -2.24. The SMILES string of the molecule is CCOP(=O)(OCC)[C@H](CC=C(C)C)C(=O)OC. The maximum Gasteiger partial charge on any atom is 0.345 e. The predicted octanol–water partition coefficient (Wildman–Crippen LogP) is 3.15. The lowest BCUT2D eigenvalue weighted by atomic mass is 10.2. The van der Waals surface area contributed by atoms with Crippen molar-refractivity contribution in [2.24, 2.45) is 0 Å². The fraction of sp³-hybridized carbons (Fsp3) is 0.750. The first-order chi connectivity index (χ1) is 8.41. The first-order valence-corrected chi connectivity index (χ1v) is 7.62. The van der Waals surface area contributed by atoms with Gasteiger partial charge in [0.2, 0.25) is 0 Å². The summed E-state index contributed by atoms with van der Waals surface area (Å²) in [5.74, 6) is -0.572. The molecule has 0 aliphatic heterocycles. The van der Waals surface area contributed by atoms with Gasteiger partial charge < -0.3 is 13.8 Å². The molecule has 0 rings (SSSR count).